The first kappa shape index (κ1) is 8.74. The molecule has 5 nitrogen and oxygen atoms in total. The van der Waals surface area contributed by atoms with Gasteiger partial charge in [-0.3, -0.25) is 4.79 Å². The van der Waals surface area contributed by atoms with Gasteiger partial charge >= 0.3 is 12.1 Å². The minimum absolute atomic E-state index is 0.0258. The molecular weight excluding hydrogens is 138 g/mol. The van der Waals surface area contributed by atoms with E-state index in [0.29, 0.717) is 0 Å². The van der Waals surface area contributed by atoms with Gasteiger partial charge in [-0.1, -0.05) is 0 Å². The second kappa shape index (κ2) is 4.60. The lowest BCUT2D eigenvalue weighted by Crippen LogP contribution is -2.15. The van der Waals surface area contributed by atoms with Gasteiger partial charge in [0.2, 0.25) is 0 Å². The van der Waals surface area contributed by atoms with E-state index in [9.17, 15) is 9.59 Å². The fourth-order valence-electron chi connectivity index (χ4n) is 0.337. The van der Waals surface area contributed by atoms with E-state index < -0.39 is 12.1 Å². The number of primary amides is 1. The van der Waals surface area contributed by atoms with E-state index in [4.69, 9.17) is 0 Å². The van der Waals surface area contributed by atoms with Crippen LogP contribution >= 0.6 is 0 Å². The van der Waals surface area contributed by atoms with Crippen molar-refractivity contribution in [2.45, 2.75) is 6.42 Å². The molecule has 1 amide bonds. The van der Waals surface area contributed by atoms with Crippen LogP contribution in [0.5, 0.6) is 0 Å². The standard InChI is InChI=1S/C5H9NO4/c1-9-4(7)2-3-10-5(6)8/h2-3H2,1H3,(H2,6,8). The van der Waals surface area contributed by atoms with Crippen molar-refractivity contribution in [2.75, 3.05) is 13.7 Å². The number of hydrogen-bond acceptors (Lipinski definition) is 4. The molecule has 0 aliphatic carbocycles. The van der Waals surface area contributed by atoms with Gasteiger partial charge < -0.3 is 15.2 Å². The Hall–Kier alpha value is -1.26. The molecule has 0 aromatic heterocycles. The number of ether oxygens (including phenoxy) is 2. The fraction of sp³-hybridized carbons (Fsp3) is 0.600. The largest absolute Gasteiger partial charge is 0.469 e. The van der Waals surface area contributed by atoms with Crippen molar-refractivity contribution in [3.8, 4) is 0 Å². The average Bonchev–Trinajstić information content (AvgIpc) is 1.87. The molecule has 0 rings (SSSR count). The smallest absolute Gasteiger partial charge is 0.404 e. The van der Waals surface area contributed by atoms with Crippen molar-refractivity contribution < 1.29 is 19.1 Å². The molecule has 0 radical (unpaired) electrons. The summed E-state index contributed by atoms with van der Waals surface area (Å²) in [5, 5.41) is 0. The van der Waals surface area contributed by atoms with Gasteiger partial charge in [-0.2, -0.15) is 0 Å². The molecule has 0 bridgehead atoms. The molecule has 0 aromatic carbocycles. The highest BCUT2D eigenvalue weighted by Crippen LogP contribution is 1.84. The number of carbonyl (C=O) groups excluding carboxylic acids is 2. The summed E-state index contributed by atoms with van der Waals surface area (Å²) in [4.78, 5) is 20.3. The quantitative estimate of drug-likeness (QED) is 0.553. The second-order valence-corrected chi connectivity index (χ2v) is 1.49. The van der Waals surface area contributed by atoms with Crippen molar-refractivity contribution in [1.82, 2.24) is 0 Å². The first-order valence-electron chi connectivity index (χ1n) is 2.66. The lowest BCUT2D eigenvalue weighted by molar-refractivity contribution is -0.141. The van der Waals surface area contributed by atoms with Crippen molar-refractivity contribution in [1.29, 1.82) is 0 Å². The normalized spacial score (nSPS) is 8.50. The minimum Gasteiger partial charge on any atom is -0.469 e. The Kier molecular flexibility index (Phi) is 4.02. The van der Waals surface area contributed by atoms with E-state index in [1.165, 1.54) is 7.11 Å². The summed E-state index contributed by atoms with van der Waals surface area (Å²) in [6.07, 6.45) is -0.844. The highest BCUT2D eigenvalue weighted by molar-refractivity contribution is 5.70. The zero-order chi connectivity index (χ0) is 7.98. The molecule has 5 heteroatoms. The average molecular weight is 147 g/mol. The van der Waals surface area contributed by atoms with Gasteiger partial charge in [0.05, 0.1) is 13.5 Å². The fourth-order valence-corrected chi connectivity index (χ4v) is 0.337. The third kappa shape index (κ3) is 4.89. The molecule has 0 atom stereocenters. The van der Waals surface area contributed by atoms with Crippen molar-refractivity contribution in [3.05, 3.63) is 0 Å². The lowest BCUT2D eigenvalue weighted by atomic mass is 10.5. The molecule has 2 N–H and O–H groups in total. The SMILES string of the molecule is COC(=O)CCOC(N)=O. The Morgan fingerprint density at radius 3 is 2.50 bits per heavy atom. The summed E-state index contributed by atoms with van der Waals surface area (Å²) < 4.78 is 8.51. The topological polar surface area (TPSA) is 78.6 Å². The molecular formula is C5H9NO4. The number of nitrogens with two attached hydrogens (primary N) is 1. The first-order chi connectivity index (χ1) is 4.66. The maximum atomic E-state index is 10.3. The Balaban J connectivity index is 3.20. The Morgan fingerprint density at radius 1 is 1.50 bits per heavy atom. The summed E-state index contributed by atoms with van der Waals surface area (Å²) in [6.45, 7) is -0.0258. The van der Waals surface area contributed by atoms with Gasteiger partial charge in [0.25, 0.3) is 0 Å². The van der Waals surface area contributed by atoms with Gasteiger partial charge in [-0.15, -0.1) is 0 Å². The molecule has 0 aliphatic heterocycles. The molecule has 0 aromatic rings. The summed E-state index contributed by atoms with van der Waals surface area (Å²) in [7, 11) is 1.26. The predicted molar refractivity (Wildman–Crippen MR) is 32.2 cm³/mol. The van der Waals surface area contributed by atoms with Crippen molar-refractivity contribution in [3.63, 3.8) is 0 Å². The van der Waals surface area contributed by atoms with Crippen molar-refractivity contribution >= 4 is 12.1 Å². The van der Waals surface area contributed by atoms with Crippen LogP contribution in [0.1, 0.15) is 6.42 Å². The van der Waals surface area contributed by atoms with E-state index in [1.54, 1.807) is 0 Å². The van der Waals surface area contributed by atoms with Crippen LogP contribution in [0.15, 0.2) is 0 Å². The number of methoxy groups -OCH3 is 1. The maximum absolute atomic E-state index is 10.3. The molecule has 0 saturated heterocycles. The van der Waals surface area contributed by atoms with Gasteiger partial charge in [0.1, 0.15) is 6.61 Å². The number of esters is 1. The number of amides is 1. The van der Waals surface area contributed by atoms with Gasteiger partial charge in [0.15, 0.2) is 0 Å². The van der Waals surface area contributed by atoms with Gasteiger partial charge in [-0.05, 0) is 0 Å². The second-order valence-electron chi connectivity index (χ2n) is 1.49. The molecule has 58 valence electrons. The van der Waals surface area contributed by atoms with Gasteiger partial charge in [-0.25, -0.2) is 4.79 Å². The summed E-state index contributed by atoms with van der Waals surface area (Å²) in [5.41, 5.74) is 4.61. The molecule has 0 heterocycles. The van der Waals surface area contributed by atoms with Crippen molar-refractivity contribution in [2.24, 2.45) is 5.73 Å². The van der Waals surface area contributed by atoms with Crippen LogP contribution < -0.4 is 5.73 Å². The van der Waals surface area contributed by atoms with Crippen LogP contribution in [0.3, 0.4) is 0 Å². The molecule has 0 aliphatic rings. The monoisotopic (exact) mass is 147 g/mol. The molecule has 0 spiro atoms. The third-order valence-corrected chi connectivity index (χ3v) is 0.778. The number of rotatable bonds is 3. The summed E-state index contributed by atoms with van der Waals surface area (Å²) >= 11 is 0. The van der Waals surface area contributed by atoms with Crippen LogP contribution in [0.25, 0.3) is 0 Å². The third-order valence-electron chi connectivity index (χ3n) is 0.778. The van der Waals surface area contributed by atoms with Crippen LogP contribution in [-0.2, 0) is 14.3 Å². The highest BCUT2D eigenvalue weighted by atomic mass is 16.6. The molecule has 0 saturated carbocycles. The van der Waals surface area contributed by atoms with E-state index in [-0.39, 0.29) is 13.0 Å². The van der Waals surface area contributed by atoms with E-state index in [0.717, 1.165) is 0 Å². The first-order valence-corrected chi connectivity index (χ1v) is 2.66. The van der Waals surface area contributed by atoms with E-state index >= 15 is 0 Å². The van der Waals surface area contributed by atoms with Gasteiger partial charge in [0, 0.05) is 0 Å². The summed E-state index contributed by atoms with van der Waals surface area (Å²) in [6, 6.07) is 0. The Morgan fingerprint density at radius 2 is 2.10 bits per heavy atom. The highest BCUT2D eigenvalue weighted by Gasteiger charge is 2.00. The Bertz CT molecular complexity index is 134. The van der Waals surface area contributed by atoms with E-state index in [1.807, 2.05) is 0 Å². The minimum atomic E-state index is -0.885. The maximum Gasteiger partial charge on any atom is 0.404 e. The predicted octanol–water partition coefficient (Wildman–Crippen LogP) is -0.355. The molecule has 0 unspecified atom stereocenters. The lowest BCUT2D eigenvalue weighted by Gasteiger charge is -1.98. The molecule has 0 fully saturated rings. The van der Waals surface area contributed by atoms with E-state index in [2.05, 4.69) is 15.2 Å². The van der Waals surface area contributed by atoms with Crippen LogP contribution in [0.4, 0.5) is 4.79 Å². The zero-order valence-electron chi connectivity index (χ0n) is 5.62. The van der Waals surface area contributed by atoms with Crippen LogP contribution in [-0.4, -0.2) is 25.8 Å². The zero-order valence-corrected chi connectivity index (χ0v) is 5.62. The number of hydrogen-bond donors (Lipinski definition) is 1. The Labute approximate surface area is 58.1 Å². The summed E-state index contributed by atoms with van der Waals surface area (Å²) in [5.74, 6) is -0.429. The van der Waals surface area contributed by atoms with Crippen LogP contribution in [0, 0.1) is 0 Å². The molecule has 10 heavy (non-hydrogen) atoms. The van der Waals surface area contributed by atoms with Crippen LogP contribution in [0.2, 0.25) is 0 Å². The number of carbonyl (C=O) groups is 2.